The highest BCUT2D eigenvalue weighted by molar-refractivity contribution is 7.99. The van der Waals surface area contributed by atoms with Crippen LogP contribution in [0, 0.1) is 5.92 Å². The molecule has 0 saturated heterocycles. The Balaban J connectivity index is 3.54. The molecule has 0 unspecified atom stereocenters. The van der Waals surface area contributed by atoms with Crippen molar-refractivity contribution in [2.75, 3.05) is 12.3 Å². The molecule has 0 aliphatic rings. The minimum absolute atomic E-state index is 0.00432. The van der Waals surface area contributed by atoms with Gasteiger partial charge in [-0.05, 0) is 5.25 Å². The van der Waals surface area contributed by atoms with Crippen LogP contribution in [0.3, 0.4) is 0 Å². The monoisotopic (exact) mass is 231 g/mol. The number of ketones is 1. The lowest BCUT2D eigenvalue weighted by atomic mass is 10.1. The first-order chi connectivity index (χ1) is 6.93. The van der Waals surface area contributed by atoms with E-state index in [1.807, 2.05) is 13.8 Å². The molecule has 0 aromatic rings. The molecule has 4 heteroatoms. The van der Waals surface area contributed by atoms with E-state index >= 15 is 0 Å². The number of amides is 1. The first kappa shape index (κ1) is 14.5. The van der Waals surface area contributed by atoms with Crippen molar-refractivity contribution in [2.45, 2.75) is 39.4 Å². The Hall–Kier alpha value is -0.510. The lowest BCUT2D eigenvalue weighted by molar-refractivity contribution is -0.126. The fourth-order valence-electron chi connectivity index (χ4n) is 0.866. The largest absolute Gasteiger partial charge is 0.349 e. The lowest BCUT2D eigenvalue weighted by Gasteiger charge is -2.07. The fourth-order valence-corrected chi connectivity index (χ4v) is 1.64. The van der Waals surface area contributed by atoms with Gasteiger partial charge in [0.2, 0.25) is 5.91 Å². The molecule has 1 amide bonds. The van der Waals surface area contributed by atoms with Crippen molar-refractivity contribution in [1.82, 2.24) is 5.32 Å². The highest BCUT2D eigenvalue weighted by Crippen LogP contribution is 2.09. The fraction of sp³-hybridized carbons (Fsp3) is 0.818. The number of rotatable bonds is 7. The number of hydrogen-bond acceptors (Lipinski definition) is 3. The molecule has 0 saturated carbocycles. The van der Waals surface area contributed by atoms with Gasteiger partial charge in [0, 0.05) is 18.1 Å². The topological polar surface area (TPSA) is 46.2 Å². The van der Waals surface area contributed by atoms with Crippen LogP contribution in [0.4, 0.5) is 0 Å². The Morgan fingerprint density at radius 3 is 2.27 bits per heavy atom. The zero-order valence-electron chi connectivity index (χ0n) is 10.0. The van der Waals surface area contributed by atoms with Crippen LogP contribution >= 0.6 is 11.8 Å². The third kappa shape index (κ3) is 8.48. The summed E-state index contributed by atoms with van der Waals surface area (Å²) >= 11 is 1.75. The quantitative estimate of drug-likeness (QED) is 0.727. The first-order valence-corrected chi connectivity index (χ1v) is 6.39. The number of nitrogens with one attached hydrogen (secondary N) is 1. The maximum absolute atomic E-state index is 11.3. The van der Waals surface area contributed by atoms with Gasteiger partial charge in [-0.15, -0.1) is 0 Å². The van der Waals surface area contributed by atoms with Gasteiger partial charge >= 0.3 is 0 Å². The van der Waals surface area contributed by atoms with E-state index in [1.165, 1.54) is 0 Å². The van der Waals surface area contributed by atoms with Crippen molar-refractivity contribution in [3.63, 3.8) is 0 Å². The molecule has 0 aromatic carbocycles. The summed E-state index contributed by atoms with van der Waals surface area (Å²) in [4.78, 5) is 22.5. The summed E-state index contributed by atoms with van der Waals surface area (Å²) in [5.41, 5.74) is 0. The average molecular weight is 231 g/mol. The molecule has 0 aliphatic heterocycles. The summed E-state index contributed by atoms with van der Waals surface area (Å²) in [6, 6.07) is 0. The zero-order chi connectivity index (χ0) is 11.8. The minimum Gasteiger partial charge on any atom is -0.349 e. The Bertz CT molecular complexity index is 215. The molecule has 15 heavy (non-hydrogen) atoms. The van der Waals surface area contributed by atoms with Gasteiger partial charge in [-0.2, -0.15) is 11.8 Å². The molecule has 0 bridgehead atoms. The summed E-state index contributed by atoms with van der Waals surface area (Å²) in [6.45, 7) is 8.05. The smallest absolute Gasteiger partial charge is 0.221 e. The van der Waals surface area contributed by atoms with Gasteiger partial charge in [-0.25, -0.2) is 0 Å². The van der Waals surface area contributed by atoms with E-state index in [0.717, 1.165) is 5.75 Å². The number of thioether (sulfide) groups is 1. The summed E-state index contributed by atoms with van der Waals surface area (Å²) in [5, 5.41) is 3.19. The van der Waals surface area contributed by atoms with Crippen LogP contribution in [0.5, 0.6) is 0 Å². The van der Waals surface area contributed by atoms with E-state index in [4.69, 9.17) is 0 Å². The zero-order valence-corrected chi connectivity index (χ0v) is 10.8. The molecule has 3 nitrogen and oxygen atoms in total. The van der Waals surface area contributed by atoms with Crippen LogP contribution in [0.2, 0.25) is 0 Å². The van der Waals surface area contributed by atoms with E-state index in [2.05, 4.69) is 19.2 Å². The van der Waals surface area contributed by atoms with Crippen molar-refractivity contribution in [3.8, 4) is 0 Å². The number of Topliss-reactive ketones (excluding diaryl/α,β-unsaturated/α-hetero) is 1. The van der Waals surface area contributed by atoms with Crippen molar-refractivity contribution < 1.29 is 9.59 Å². The van der Waals surface area contributed by atoms with Gasteiger partial charge in [0.25, 0.3) is 0 Å². The molecular formula is C11H21NO2S. The van der Waals surface area contributed by atoms with Crippen LogP contribution in [0.1, 0.15) is 34.1 Å². The van der Waals surface area contributed by atoms with Crippen LogP contribution in [0.15, 0.2) is 0 Å². The Morgan fingerprint density at radius 2 is 1.80 bits per heavy atom. The molecule has 0 aliphatic carbocycles. The van der Waals surface area contributed by atoms with E-state index in [1.54, 1.807) is 11.8 Å². The second-order valence-electron chi connectivity index (χ2n) is 4.07. The summed E-state index contributed by atoms with van der Waals surface area (Å²) in [5.74, 6) is 0.867. The van der Waals surface area contributed by atoms with Gasteiger partial charge in [-0.1, -0.05) is 27.7 Å². The third-order valence-electron chi connectivity index (χ3n) is 1.88. The molecule has 1 N–H and O–H groups in total. The standard InChI is InChI=1S/C11H21NO2S/c1-8(2)10(13)7-12-11(14)5-6-15-9(3)4/h8-9H,5-7H2,1-4H3,(H,12,14). The maximum atomic E-state index is 11.3. The van der Waals surface area contributed by atoms with Crippen molar-refractivity contribution in [3.05, 3.63) is 0 Å². The lowest BCUT2D eigenvalue weighted by Crippen LogP contribution is -2.31. The molecule has 0 radical (unpaired) electrons. The predicted octanol–water partition coefficient (Wildman–Crippen LogP) is 1.86. The first-order valence-electron chi connectivity index (χ1n) is 5.34. The number of hydrogen-bond donors (Lipinski definition) is 1. The van der Waals surface area contributed by atoms with E-state index in [9.17, 15) is 9.59 Å². The average Bonchev–Trinajstić information content (AvgIpc) is 2.13. The van der Waals surface area contributed by atoms with Crippen molar-refractivity contribution in [1.29, 1.82) is 0 Å². The molecule has 0 aromatic heterocycles. The molecule has 0 heterocycles. The van der Waals surface area contributed by atoms with Crippen LogP contribution in [-0.4, -0.2) is 29.2 Å². The van der Waals surface area contributed by atoms with E-state index < -0.39 is 0 Å². The molecule has 0 rings (SSSR count). The summed E-state index contributed by atoms with van der Waals surface area (Å²) in [6.07, 6.45) is 0.494. The third-order valence-corrected chi connectivity index (χ3v) is 2.99. The molecule has 0 atom stereocenters. The van der Waals surface area contributed by atoms with Crippen LogP contribution in [-0.2, 0) is 9.59 Å². The second kappa shape index (κ2) is 7.74. The highest BCUT2D eigenvalue weighted by Gasteiger charge is 2.08. The summed E-state index contributed by atoms with van der Waals surface area (Å²) < 4.78 is 0. The van der Waals surface area contributed by atoms with Crippen molar-refractivity contribution in [2.24, 2.45) is 5.92 Å². The summed E-state index contributed by atoms with van der Waals surface area (Å²) in [7, 11) is 0. The van der Waals surface area contributed by atoms with Crippen LogP contribution < -0.4 is 5.32 Å². The van der Waals surface area contributed by atoms with Gasteiger partial charge in [-0.3, -0.25) is 9.59 Å². The number of carbonyl (C=O) groups is 2. The maximum Gasteiger partial charge on any atom is 0.221 e. The molecular weight excluding hydrogens is 210 g/mol. The SMILES string of the molecule is CC(C)SCCC(=O)NCC(=O)C(C)C. The Morgan fingerprint density at radius 1 is 1.20 bits per heavy atom. The predicted molar refractivity (Wildman–Crippen MR) is 65.1 cm³/mol. The van der Waals surface area contributed by atoms with Gasteiger partial charge in [0.1, 0.15) is 0 Å². The van der Waals surface area contributed by atoms with Gasteiger partial charge in [0.15, 0.2) is 5.78 Å². The highest BCUT2D eigenvalue weighted by atomic mass is 32.2. The normalized spacial score (nSPS) is 10.8. The minimum atomic E-state index is -0.0304. The van der Waals surface area contributed by atoms with Gasteiger partial charge < -0.3 is 5.32 Å². The molecule has 0 fully saturated rings. The molecule has 88 valence electrons. The molecule has 0 spiro atoms. The Labute approximate surface area is 96.4 Å². The Kier molecular flexibility index (Phi) is 7.48. The number of carbonyl (C=O) groups excluding carboxylic acids is 2. The van der Waals surface area contributed by atoms with Crippen LogP contribution in [0.25, 0.3) is 0 Å². The van der Waals surface area contributed by atoms with Gasteiger partial charge in [0.05, 0.1) is 6.54 Å². The van der Waals surface area contributed by atoms with Crippen molar-refractivity contribution >= 4 is 23.5 Å². The second-order valence-corrected chi connectivity index (χ2v) is 5.75. The van der Waals surface area contributed by atoms with E-state index in [-0.39, 0.29) is 24.2 Å². The van der Waals surface area contributed by atoms with E-state index in [0.29, 0.717) is 11.7 Å².